The van der Waals surface area contributed by atoms with Gasteiger partial charge in [0, 0.05) is 5.41 Å². The minimum Gasteiger partial charge on any atom is -0.477 e. The lowest BCUT2D eigenvalue weighted by atomic mass is 9.92. The zero-order chi connectivity index (χ0) is 14.9. The molecule has 0 atom stereocenters. The third-order valence-corrected chi connectivity index (χ3v) is 3.30. The van der Waals surface area contributed by atoms with Crippen LogP contribution in [0.5, 0.6) is 0 Å². The fraction of sp³-hybridized carbons (Fsp3) is 0.375. The average Bonchev–Trinajstić information content (AvgIpc) is 2.83. The number of rotatable bonds is 3. The minimum absolute atomic E-state index is 0.184. The van der Waals surface area contributed by atoms with Crippen molar-refractivity contribution in [1.82, 2.24) is 9.78 Å². The summed E-state index contributed by atoms with van der Waals surface area (Å²) in [4.78, 5) is 11.5. The van der Waals surface area contributed by atoms with E-state index in [1.165, 1.54) is 0 Å². The number of hydrogen-bond acceptors (Lipinski definition) is 2. The van der Waals surface area contributed by atoms with Crippen molar-refractivity contribution >= 4 is 5.97 Å². The zero-order valence-electron chi connectivity index (χ0n) is 12.3. The summed E-state index contributed by atoms with van der Waals surface area (Å²) in [6, 6.07) is 9.43. The van der Waals surface area contributed by atoms with Gasteiger partial charge in [0.25, 0.3) is 0 Å². The van der Waals surface area contributed by atoms with Crippen molar-refractivity contribution < 1.29 is 9.90 Å². The third-order valence-electron chi connectivity index (χ3n) is 3.30. The average molecular weight is 272 g/mol. The molecular formula is C16H20N2O2. The standard InChI is InChI=1S/C16H20N2O2/c1-5-11-8-6-7-9-12(11)18-13(15(19)20)10-14(17-18)16(2,3)4/h6-10H,5H2,1-4H3,(H,19,20). The molecule has 0 unspecified atom stereocenters. The summed E-state index contributed by atoms with van der Waals surface area (Å²) in [5, 5.41) is 13.9. The zero-order valence-corrected chi connectivity index (χ0v) is 12.3. The highest BCUT2D eigenvalue weighted by Gasteiger charge is 2.23. The van der Waals surface area contributed by atoms with E-state index in [9.17, 15) is 9.90 Å². The Bertz CT molecular complexity index is 636. The number of aromatic nitrogens is 2. The van der Waals surface area contributed by atoms with Crippen LogP contribution in [0.3, 0.4) is 0 Å². The molecule has 20 heavy (non-hydrogen) atoms. The van der Waals surface area contributed by atoms with Crippen LogP contribution in [0.15, 0.2) is 30.3 Å². The predicted octanol–water partition coefficient (Wildman–Crippen LogP) is 3.43. The topological polar surface area (TPSA) is 55.1 Å². The summed E-state index contributed by atoms with van der Waals surface area (Å²) in [5.74, 6) is -0.959. The van der Waals surface area contributed by atoms with E-state index in [4.69, 9.17) is 0 Å². The molecule has 0 aliphatic carbocycles. The number of carboxylic acid groups (broad SMARTS) is 1. The maximum absolute atomic E-state index is 11.5. The van der Waals surface area contributed by atoms with Crippen molar-refractivity contribution in [2.75, 3.05) is 0 Å². The molecule has 2 rings (SSSR count). The lowest BCUT2D eigenvalue weighted by Crippen LogP contribution is -2.13. The van der Waals surface area contributed by atoms with E-state index in [1.54, 1.807) is 10.7 Å². The summed E-state index contributed by atoms with van der Waals surface area (Å²) in [6.45, 7) is 8.12. The van der Waals surface area contributed by atoms with Gasteiger partial charge in [0.05, 0.1) is 11.4 Å². The van der Waals surface area contributed by atoms with Crippen molar-refractivity contribution in [3.05, 3.63) is 47.3 Å². The number of aryl methyl sites for hydroxylation is 1. The molecule has 0 spiro atoms. The monoisotopic (exact) mass is 272 g/mol. The minimum atomic E-state index is -0.959. The fourth-order valence-electron chi connectivity index (χ4n) is 2.10. The van der Waals surface area contributed by atoms with Gasteiger partial charge >= 0.3 is 5.97 Å². The maximum Gasteiger partial charge on any atom is 0.354 e. The number of nitrogens with zero attached hydrogens (tertiary/aromatic N) is 2. The molecule has 1 N–H and O–H groups in total. The lowest BCUT2D eigenvalue weighted by Gasteiger charge is -2.14. The van der Waals surface area contributed by atoms with Crippen LogP contribution in [0, 0.1) is 0 Å². The van der Waals surface area contributed by atoms with Crippen molar-refractivity contribution in [3.63, 3.8) is 0 Å². The molecule has 0 aliphatic heterocycles. The van der Waals surface area contributed by atoms with Gasteiger partial charge in [-0.1, -0.05) is 45.9 Å². The molecule has 0 bridgehead atoms. The van der Waals surface area contributed by atoms with Gasteiger partial charge in [0.2, 0.25) is 0 Å². The molecular weight excluding hydrogens is 252 g/mol. The van der Waals surface area contributed by atoms with Crippen LogP contribution in [0.25, 0.3) is 5.69 Å². The lowest BCUT2D eigenvalue weighted by molar-refractivity contribution is 0.0687. The van der Waals surface area contributed by atoms with Crippen LogP contribution in [0.1, 0.15) is 49.4 Å². The normalized spacial score (nSPS) is 11.6. The first-order valence-corrected chi connectivity index (χ1v) is 6.76. The molecule has 0 amide bonds. The Balaban J connectivity index is 2.67. The third kappa shape index (κ3) is 2.59. The van der Waals surface area contributed by atoms with Crippen LogP contribution >= 0.6 is 0 Å². The van der Waals surface area contributed by atoms with Crippen molar-refractivity contribution in [1.29, 1.82) is 0 Å². The second-order valence-corrected chi connectivity index (χ2v) is 5.86. The quantitative estimate of drug-likeness (QED) is 0.931. The second kappa shape index (κ2) is 5.12. The molecule has 0 aliphatic rings. The van der Waals surface area contributed by atoms with Crippen LogP contribution < -0.4 is 0 Å². The van der Waals surface area contributed by atoms with Gasteiger partial charge in [0.1, 0.15) is 0 Å². The van der Waals surface area contributed by atoms with E-state index >= 15 is 0 Å². The van der Waals surface area contributed by atoms with Crippen LogP contribution in [0.4, 0.5) is 0 Å². The Kier molecular flexibility index (Phi) is 3.66. The van der Waals surface area contributed by atoms with Crippen molar-refractivity contribution in [2.45, 2.75) is 39.5 Å². The molecule has 0 saturated carbocycles. The summed E-state index contributed by atoms with van der Waals surface area (Å²) < 4.78 is 1.54. The van der Waals surface area contributed by atoms with Crippen LogP contribution in [0.2, 0.25) is 0 Å². The van der Waals surface area contributed by atoms with E-state index < -0.39 is 5.97 Å². The van der Waals surface area contributed by atoms with Gasteiger partial charge in [-0.25, -0.2) is 9.48 Å². The van der Waals surface area contributed by atoms with Gasteiger partial charge in [-0.3, -0.25) is 0 Å². The second-order valence-electron chi connectivity index (χ2n) is 5.86. The Morgan fingerprint density at radius 2 is 1.95 bits per heavy atom. The Morgan fingerprint density at radius 3 is 2.50 bits per heavy atom. The Labute approximate surface area is 119 Å². The Hall–Kier alpha value is -2.10. The highest BCUT2D eigenvalue weighted by Crippen LogP contribution is 2.25. The van der Waals surface area contributed by atoms with Crippen molar-refractivity contribution in [2.24, 2.45) is 0 Å². The number of carbonyl (C=O) groups is 1. The number of hydrogen-bond donors (Lipinski definition) is 1. The molecule has 1 aromatic heterocycles. The summed E-state index contributed by atoms with van der Waals surface area (Å²) in [7, 11) is 0. The molecule has 4 heteroatoms. The molecule has 1 heterocycles. The van der Waals surface area contributed by atoms with Gasteiger partial charge in [-0.05, 0) is 24.1 Å². The summed E-state index contributed by atoms with van der Waals surface area (Å²) in [6.07, 6.45) is 0.833. The van der Waals surface area contributed by atoms with E-state index in [0.717, 1.165) is 23.4 Å². The van der Waals surface area contributed by atoms with Crippen molar-refractivity contribution in [3.8, 4) is 5.69 Å². The highest BCUT2D eigenvalue weighted by molar-refractivity contribution is 5.86. The number of aromatic carboxylic acids is 1. The SMILES string of the molecule is CCc1ccccc1-n1nc(C(C)(C)C)cc1C(=O)O. The van der Waals surface area contributed by atoms with E-state index in [-0.39, 0.29) is 11.1 Å². The van der Waals surface area contributed by atoms with Gasteiger partial charge in [0.15, 0.2) is 5.69 Å². The first-order chi connectivity index (χ1) is 9.34. The molecule has 0 radical (unpaired) electrons. The predicted molar refractivity (Wildman–Crippen MR) is 78.6 cm³/mol. The molecule has 0 saturated heterocycles. The number of para-hydroxylation sites is 1. The Morgan fingerprint density at radius 1 is 1.30 bits per heavy atom. The van der Waals surface area contributed by atoms with Gasteiger partial charge in [-0.2, -0.15) is 5.10 Å². The van der Waals surface area contributed by atoms with E-state index in [1.807, 2.05) is 52.0 Å². The van der Waals surface area contributed by atoms with E-state index in [2.05, 4.69) is 5.10 Å². The number of carboxylic acids is 1. The molecule has 106 valence electrons. The first-order valence-electron chi connectivity index (χ1n) is 6.76. The smallest absolute Gasteiger partial charge is 0.354 e. The van der Waals surface area contributed by atoms with Gasteiger partial charge in [-0.15, -0.1) is 0 Å². The molecule has 4 nitrogen and oxygen atoms in total. The largest absolute Gasteiger partial charge is 0.477 e. The maximum atomic E-state index is 11.5. The van der Waals surface area contributed by atoms with Crippen LogP contribution in [-0.2, 0) is 11.8 Å². The molecule has 1 aromatic carbocycles. The summed E-state index contributed by atoms with van der Waals surface area (Å²) >= 11 is 0. The number of benzene rings is 1. The molecule has 2 aromatic rings. The first kappa shape index (κ1) is 14.3. The summed E-state index contributed by atoms with van der Waals surface area (Å²) in [5.41, 5.74) is 2.72. The van der Waals surface area contributed by atoms with E-state index in [0.29, 0.717) is 0 Å². The highest BCUT2D eigenvalue weighted by atomic mass is 16.4. The molecule has 0 fully saturated rings. The van der Waals surface area contributed by atoms with Gasteiger partial charge < -0.3 is 5.11 Å². The van der Waals surface area contributed by atoms with Crippen LogP contribution in [-0.4, -0.2) is 20.9 Å². The fourth-order valence-corrected chi connectivity index (χ4v) is 2.10.